The maximum absolute atomic E-state index is 14.9. The highest BCUT2D eigenvalue weighted by Crippen LogP contribution is 2.39. The van der Waals surface area contributed by atoms with Crippen LogP contribution in [0.3, 0.4) is 0 Å². The van der Waals surface area contributed by atoms with Gasteiger partial charge < -0.3 is 10.1 Å². The molecule has 3 rings (SSSR count). The molecule has 146 valence electrons. The zero-order chi connectivity index (χ0) is 19.8. The summed E-state index contributed by atoms with van der Waals surface area (Å²) in [6, 6.07) is 5.81. The van der Waals surface area contributed by atoms with Crippen molar-refractivity contribution in [1.82, 2.24) is 0 Å². The second kappa shape index (κ2) is 7.60. The molecule has 0 heterocycles. The molecule has 2 aromatic rings. The van der Waals surface area contributed by atoms with Crippen LogP contribution in [-0.2, 0) is 10.0 Å². The van der Waals surface area contributed by atoms with Gasteiger partial charge in [-0.05, 0) is 43.5 Å². The number of rotatable bonds is 6. The third kappa shape index (κ3) is 4.01. The second-order valence-electron chi connectivity index (χ2n) is 6.54. The van der Waals surface area contributed by atoms with Crippen molar-refractivity contribution in [3.63, 3.8) is 0 Å². The molecule has 0 aromatic heterocycles. The third-order valence-electron chi connectivity index (χ3n) is 4.60. The highest BCUT2D eigenvalue weighted by molar-refractivity contribution is 7.93. The fourth-order valence-electron chi connectivity index (χ4n) is 2.80. The molecule has 1 fully saturated rings. The van der Waals surface area contributed by atoms with Crippen LogP contribution in [0.15, 0.2) is 24.3 Å². The lowest BCUT2D eigenvalue weighted by atomic mass is 10.0. The lowest BCUT2D eigenvalue weighted by Gasteiger charge is -2.27. The lowest BCUT2D eigenvalue weighted by molar-refractivity contribution is 0.416. The monoisotopic (exact) mass is 414 g/mol. The SMILES string of the molecule is COc1cc(P)c(F)c(Nc2ccc(C)cc2F)c1NS(=O)(=O)C1CCC1. The summed E-state index contributed by atoms with van der Waals surface area (Å²) in [5.41, 5.74) is 0.473. The van der Waals surface area contributed by atoms with Crippen molar-refractivity contribution in [3.05, 3.63) is 41.5 Å². The molecular formula is C18H21F2N2O3PS. The Morgan fingerprint density at radius 1 is 1.19 bits per heavy atom. The number of methoxy groups -OCH3 is 1. The Morgan fingerprint density at radius 2 is 1.89 bits per heavy atom. The Labute approximate surface area is 159 Å². The van der Waals surface area contributed by atoms with Crippen LogP contribution in [0.25, 0.3) is 0 Å². The van der Waals surface area contributed by atoms with Crippen molar-refractivity contribution >= 4 is 41.6 Å². The minimum Gasteiger partial charge on any atom is -0.494 e. The number of sulfonamides is 1. The molecule has 2 aromatic carbocycles. The van der Waals surface area contributed by atoms with Crippen LogP contribution in [0, 0.1) is 18.6 Å². The molecule has 1 saturated carbocycles. The maximum Gasteiger partial charge on any atom is 0.235 e. The minimum atomic E-state index is -3.71. The van der Waals surface area contributed by atoms with E-state index in [4.69, 9.17) is 4.74 Å². The summed E-state index contributed by atoms with van der Waals surface area (Å²) in [6.45, 7) is 1.73. The molecule has 1 atom stereocenters. The molecule has 0 spiro atoms. The van der Waals surface area contributed by atoms with E-state index in [9.17, 15) is 17.2 Å². The molecule has 0 aliphatic heterocycles. The molecule has 1 unspecified atom stereocenters. The highest BCUT2D eigenvalue weighted by Gasteiger charge is 2.33. The van der Waals surface area contributed by atoms with E-state index < -0.39 is 26.9 Å². The summed E-state index contributed by atoms with van der Waals surface area (Å²) in [4.78, 5) is 0. The number of anilines is 3. The van der Waals surface area contributed by atoms with Crippen molar-refractivity contribution in [2.24, 2.45) is 0 Å². The Bertz CT molecular complexity index is 979. The van der Waals surface area contributed by atoms with E-state index in [2.05, 4.69) is 19.3 Å². The number of hydrogen-bond donors (Lipinski definition) is 2. The Balaban J connectivity index is 2.09. The van der Waals surface area contributed by atoms with Crippen molar-refractivity contribution in [3.8, 4) is 5.75 Å². The minimum absolute atomic E-state index is 0.0289. The quantitative estimate of drug-likeness (QED) is 0.706. The first-order chi connectivity index (χ1) is 12.7. The molecule has 9 heteroatoms. The molecule has 0 bridgehead atoms. The van der Waals surface area contributed by atoms with Gasteiger partial charge in [0.15, 0.2) is 5.82 Å². The smallest absolute Gasteiger partial charge is 0.235 e. The van der Waals surface area contributed by atoms with Gasteiger partial charge in [0.05, 0.1) is 18.0 Å². The van der Waals surface area contributed by atoms with Crippen molar-refractivity contribution in [2.45, 2.75) is 31.4 Å². The van der Waals surface area contributed by atoms with E-state index in [1.54, 1.807) is 13.0 Å². The van der Waals surface area contributed by atoms with Crippen LogP contribution in [0.5, 0.6) is 5.75 Å². The van der Waals surface area contributed by atoms with Crippen LogP contribution in [0.1, 0.15) is 24.8 Å². The van der Waals surface area contributed by atoms with Crippen molar-refractivity contribution < 1.29 is 21.9 Å². The van der Waals surface area contributed by atoms with Gasteiger partial charge in [0.25, 0.3) is 0 Å². The summed E-state index contributed by atoms with van der Waals surface area (Å²) < 4.78 is 61.9. The topological polar surface area (TPSA) is 67.4 Å². The van der Waals surface area contributed by atoms with Gasteiger partial charge in [-0.2, -0.15) is 0 Å². The molecule has 0 radical (unpaired) electrons. The van der Waals surface area contributed by atoms with Crippen LogP contribution >= 0.6 is 9.24 Å². The van der Waals surface area contributed by atoms with E-state index in [0.717, 1.165) is 6.42 Å². The van der Waals surface area contributed by atoms with Crippen molar-refractivity contribution in [1.29, 1.82) is 0 Å². The Kier molecular flexibility index (Phi) is 5.58. The highest BCUT2D eigenvalue weighted by atomic mass is 32.2. The summed E-state index contributed by atoms with van der Waals surface area (Å²) in [7, 11) is -0.134. The summed E-state index contributed by atoms with van der Waals surface area (Å²) >= 11 is 0. The normalized spacial score (nSPS) is 14.6. The fraction of sp³-hybridized carbons (Fsp3) is 0.333. The molecule has 27 heavy (non-hydrogen) atoms. The summed E-state index contributed by atoms with van der Waals surface area (Å²) in [6.07, 6.45) is 1.94. The van der Waals surface area contributed by atoms with Crippen LogP contribution in [0.4, 0.5) is 25.8 Å². The number of hydrogen-bond acceptors (Lipinski definition) is 4. The standard InChI is InChI=1S/C18H21F2N2O3PS/c1-10-6-7-13(12(19)8-10)21-18-16(20)15(26)9-14(25-2)17(18)22-27(23,24)11-4-3-5-11/h6-9,11,21-22H,3-5,26H2,1-2H3. The van der Waals surface area contributed by atoms with Gasteiger partial charge in [-0.25, -0.2) is 17.2 Å². The molecule has 5 nitrogen and oxygen atoms in total. The molecular weight excluding hydrogens is 393 g/mol. The van der Waals surface area contributed by atoms with Crippen LogP contribution in [-0.4, -0.2) is 20.8 Å². The van der Waals surface area contributed by atoms with E-state index in [1.165, 1.54) is 25.3 Å². The predicted octanol–water partition coefficient (Wildman–Crippen LogP) is 3.82. The predicted molar refractivity (Wildman–Crippen MR) is 107 cm³/mol. The first-order valence-electron chi connectivity index (χ1n) is 8.43. The van der Waals surface area contributed by atoms with E-state index in [0.29, 0.717) is 18.4 Å². The molecule has 0 saturated heterocycles. The number of halogens is 2. The van der Waals surface area contributed by atoms with Crippen molar-refractivity contribution in [2.75, 3.05) is 17.1 Å². The lowest BCUT2D eigenvalue weighted by Crippen LogP contribution is -2.33. The van der Waals surface area contributed by atoms with Gasteiger partial charge in [0.2, 0.25) is 10.0 Å². The fourth-order valence-corrected chi connectivity index (χ4v) is 4.70. The number of nitrogens with one attached hydrogen (secondary N) is 2. The second-order valence-corrected chi connectivity index (χ2v) is 9.12. The molecule has 1 aliphatic carbocycles. The average molecular weight is 414 g/mol. The van der Waals surface area contributed by atoms with Gasteiger partial charge in [0.1, 0.15) is 22.9 Å². The zero-order valence-corrected chi connectivity index (χ0v) is 16.9. The van der Waals surface area contributed by atoms with Gasteiger partial charge in [-0.3, -0.25) is 4.72 Å². The van der Waals surface area contributed by atoms with Gasteiger partial charge in [0, 0.05) is 5.30 Å². The van der Waals surface area contributed by atoms with E-state index >= 15 is 0 Å². The van der Waals surface area contributed by atoms with Crippen LogP contribution in [0.2, 0.25) is 0 Å². The van der Waals surface area contributed by atoms with E-state index in [-0.39, 0.29) is 28.1 Å². The molecule has 0 amide bonds. The first kappa shape index (κ1) is 19.8. The van der Waals surface area contributed by atoms with Gasteiger partial charge >= 0.3 is 0 Å². The third-order valence-corrected chi connectivity index (χ3v) is 6.85. The maximum atomic E-state index is 14.9. The largest absolute Gasteiger partial charge is 0.494 e. The summed E-state index contributed by atoms with van der Waals surface area (Å²) in [5, 5.41) is 2.32. The number of aryl methyl sites for hydroxylation is 1. The van der Waals surface area contributed by atoms with Crippen LogP contribution < -0.4 is 20.1 Å². The zero-order valence-electron chi connectivity index (χ0n) is 15.0. The summed E-state index contributed by atoms with van der Waals surface area (Å²) in [5.74, 6) is -1.15. The average Bonchev–Trinajstić information content (AvgIpc) is 2.53. The Morgan fingerprint density at radius 3 is 2.44 bits per heavy atom. The van der Waals surface area contributed by atoms with E-state index in [1.807, 2.05) is 0 Å². The Hall–Kier alpha value is -1.92. The number of ether oxygens (including phenoxy) is 1. The molecule has 1 aliphatic rings. The number of benzene rings is 2. The van der Waals surface area contributed by atoms with Gasteiger partial charge in [-0.15, -0.1) is 9.24 Å². The van der Waals surface area contributed by atoms with Gasteiger partial charge in [-0.1, -0.05) is 12.5 Å². The first-order valence-corrected chi connectivity index (χ1v) is 10.6. The molecule has 2 N–H and O–H groups in total.